The Balaban J connectivity index is 1.58. The van der Waals surface area contributed by atoms with E-state index in [9.17, 15) is 4.79 Å². The van der Waals surface area contributed by atoms with Gasteiger partial charge in [0, 0.05) is 17.3 Å². The molecule has 0 radical (unpaired) electrons. The molecule has 1 aromatic carbocycles. The number of benzene rings is 1. The molecule has 4 heteroatoms. The van der Waals surface area contributed by atoms with Gasteiger partial charge in [0.2, 0.25) is 5.91 Å². The topological polar surface area (TPSA) is 42.0 Å². The maximum Gasteiger partial charge on any atom is 0.230 e. The first kappa shape index (κ1) is 14.1. The molecule has 1 aromatic heterocycles. The summed E-state index contributed by atoms with van der Waals surface area (Å²) < 4.78 is 0. The van der Waals surface area contributed by atoms with Gasteiger partial charge >= 0.3 is 0 Å². The molecule has 3 nitrogen and oxygen atoms in total. The first-order chi connectivity index (χ1) is 10.3. The van der Waals surface area contributed by atoms with E-state index in [0.29, 0.717) is 5.75 Å². The number of nitrogens with zero attached hydrogens (tertiary/aromatic N) is 1. The summed E-state index contributed by atoms with van der Waals surface area (Å²) in [7, 11) is 0. The van der Waals surface area contributed by atoms with Gasteiger partial charge in [-0.2, -0.15) is 0 Å². The smallest absolute Gasteiger partial charge is 0.230 e. The molecule has 0 saturated carbocycles. The fourth-order valence-electron chi connectivity index (χ4n) is 2.72. The van der Waals surface area contributed by atoms with Crippen LogP contribution in [0.4, 0.5) is 0 Å². The van der Waals surface area contributed by atoms with Gasteiger partial charge in [0.1, 0.15) is 0 Å². The maximum absolute atomic E-state index is 12.1. The van der Waals surface area contributed by atoms with Crippen molar-refractivity contribution < 1.29 is 4.79 Å². The van der Waals surface area contributed by atoms with E-state index in [1.54, 1.807) is 24.2 Å². The van der Waals surface area contributed by atoms with E-state index in [0.717, 1.165) is 24.2 Å². The number of aromatic nitrogens is 1. The minimum absolute atomic E-state index is 0.0958. The number of carbonyl (C=O) groups excluding carboxylic acids is 1. The van der Waals surface area contributed by atoms with Crippen molar-refractivity contribution >= 4 is 17.7 Å². The van der Waals surface area contributed by atoms with Crippen molar-refractivity contribution in [1.82, 2.24) is 10.3 Å². The standard InChI is InChI=1S/C17H18N2OS/c20-17(12-21-14-8-10-18-11-9-14)19-16-7-3-5-13-4-1-2-6-15(13)16/h1-2,4,6,8-11,16H,3,5,7,12H2,(H,19,20)/t16-/m1/s1. The van der Waals surface area contributed by atoms with Gasteiger partial charge in [-0.1, -0.05) is 24.3 Å². The highest BCUT2D eigenvalue weighted by molar-refractivity contribution is 8.00. The molecule has 0 bridgehead atoms. The van der Waals surface area contributed by atoms with Crippen molar-refractivity contribution in [3.8, 4) is 0 Å². The summed E-state index contributed by atoms with van der Waals surface area (Å²) in [5.41, 5.74) is 2.65. The normalized spacial score (nSPS) is 17.0. The van der Waals surface area contributed by atoms with Crippen LogP contribution in [0.2, 0.25) is 0 Å². The number of nitrogens with one attached hydrogen (secondary N) is 1. The minimum atomic E-state index is 0.0958. The SMILES string of the molecule is O=C(CSc1ccncc1)N[C@@H]1CCCc2ccccc21. The number of amides is 1. The van der Waals surface area contributed by atoms with E-state index in [2.05, 4.69) is 34.6 Å². The van der Waals surface area contributed by atoms with Crippen LogP contribution in [-0.4, -0.2) is 16.6 Å². The highest BCUT2D eigenvalue weighted by Gasteiger charge is 2.21. The fraction of sp³-hybridized carbons (Fsp3) is 0.294. The number of thioether (sulfide) groups is 1. The maximum atomic E-state index is 12.1. The Morgan fingerprint density at radius 3 is 2.90 bits per heavy atom. The van der Waals surface area contributed by atoms with Gasteiger partial charge in [-0.3, -0.25) is 9.78 Å². The molecule has 0 saturated heterocycles. The average Bonchev–Trinajstić information content (AvgIpc) is 2.54. The lowest BCUT2D eigenvalue weighted by Crippen LogP contribution is -2.32. The third-order valence-corrected chi connectivity index (χ3v) is 4.74. The van der Waals surface area contributed by atoms with Crippen molar-refractivity contribution in [3.63, 3.8) is 0 Å². The first-order valence-electron chi connectivity index (χ1n) is 7.23. The molecular formula is C17H18N2OS. The molecule has 0 aliphatic heterocycles. The van der Waals surface area contributed by atoms with Gasteiger partial charge in [0.05, 0.1) is 11.8 Å². The monoisotopic (exact) mass is 298 g/mol. The van der Waals surface area contributed by atoms with Crippen LogP contribution < -0.4 is 5.32 Å². The summed E-state index contributed by atoms with van der Waals surface area (Å²) in [4.78, 5) is 17.2. The Kier molecular flexibility index (Phi) is 4.55. The molecule has 1 N–H and O–H groups in total. The van der Waals surface area contributed by atoms with Crippen LogP contribution in [0.25, 0.3) is 0 Å². The number of hydrogen-bond donors (Lipinski definition) is 1. The van der Waals surface area contributed by atoms with Crippen molar-refractivity contribution in [2.24, 2.45) is 0 Å². The Labute approximate surface area is 129 Å². The summed E-state index contributed by atoms with van der Waals surface area (Å²) in [6, 6.07) is 12.4. The molecule has 21 heavy (non-hydrogen) atoms. The van der Waals surface area contributed by atoms with Crippen LogP contribution >= 0.6 is 11.8 Å². The van der Waals surface area contributed by atoms with Gasteiger partial charge < -0.3 is 5.32 Å². The largest absolute Gasteiger partial charge is 0.349 e. The molecule has 1 amide bonds. The lowest BCUT2D eigenvalue weighted by Gasteiger charge is -2.26. The van der Waals surface area contributed by atoms with E-state index in [1.165, 1.54) is 11.1 Å². The van der Waals surface area contributed by atoms with Crippen LogP contribution in [0.1, 0.15) is 30.0 Å². The molecule has 108 valence electrons. The molecule has 2 aromatic rings. The van der Waals surface area contributed by atoms with Crippen molar-refractivity contribution in [2.75, 3.05) is 5.75 Å². The number of fused-ring (bicyclic) bond motifs is 1. The number of aryl methyl sites for hydroxylation is 1. The van der Waals surface area contributed by atoms with Crippen LogP contribution in [-0.2, 0) is 11.2 Å². The molecule has 1 heterocycles. The van der Waals surface area contributed by atoms with Gasteiger partial charge in [0.15, 0.2) is 0 Å². The fourth-order valence-corrected chi connectivity index (χ4v) is 3.42. The summed E-state index contributed by atoms with van der Waals surface area (Å²) in [6.07, 6.45) is 6.78. The number of rotatable bonds is 4. The van der Waals surface area contributed by atoms with Crippen molar-refractivity contribution in [1.29, 1.82) is 0 Å². The second-order valence-corrected chi connectivity index (χ2v) is 6.23. The Morgan fingerprint density at radius 2 is 2.05 bits per heavy atom. The Morgan fingerprint density at radius 1 is 1.24 bits per heavy atom. The third kappa shape index (κ3) is 3.64. The lowest BCUT2D eigenvalue weighted by atomic mass is 9.88. The zero-order valence-corrected chi connectivity index (χ0v) is 12.6. The van der Waals surface area contributed by atoms with Crippen LogP contribution in [0, 0.1) is 0 Å². The van der Waals surface area contributed by atoms with Gasteiger partial charge in [-0.05, 0) is 42.5 Å². The zero-order chi connectivity index (χ0) is 14.5. The molecule has 1 atom stereocenters. The Bertz CT molecular complexity index is 615. The molecule has 1 aliphatic rings. The molecular weight excluding hydrogens is 280 g/mol. The van der Waals surface area contributed by atoms with Gasteiger partial charge in [0.25, 0.3) is 0 Å². The predicted octanol–water partition coefficient (Wildman–Crippen LogP) is 3.37. The van der Waals surface area contributed by atoms with E-state index in [1.807, 2.05) is 12.1 Å². The number of pyridine rings is 1. The molecule has 1 aliphatic carbocycles. The van der Waals surface area contributed by atoms with E-state index in [-0.39, 0.29) is 11.9 Å². The zero-order valence-electron chi connectivity index (χ0n) is 11.8. The molecule has 0 fully saturated rings. The highest BCUT2D eigenvalue weighted by Crippen LogP contribution is 2.29. The van der Waals surface area contributed by atoms with Crippen LogP contribution in [0.5, 0.6) is 0 Å². The van der Waals surface area contributed by atoms with E-state index in [4.69, 9.17) is 0 Å². The van der Waals surface area contributed by atoms with Crippen LogP contribution in [0.3, 0.4) is 0 Å². The molecule has 3 rings (SSSR count). The van der Waals surface area contributed by atoms with Gasteiger partial charge in [-0.15, -0.1) is 11.8 Å². The third-order valence-electron chi connectivity index (χ3n) is 3.72. The quantitative estimate of drug-likeness (QED) is 0.880. The van der Waals surface area contributed by atoms with Crippen molar-refractivity contribution in [2.45, 2.75) is 30.2 Å². The summed E-state index contributed by atoms with van der Waals surface area (Å²) in [6.45, 7) is 0. The first-order valence-corrected chi connectivity index (χ1v) is 8.21. The van der Waals surface area contributed by atoms with Crippen molar-refractivity contribution in [3.05, 3.63) is 59.9 Å². The summed E-state index contributed by atoms with van der Waals surface area (Å²) in [5.74, 6) is 0.543. The Hall–Kier alpha value is -1.81. The minimum Gasteiger partial charge on any atom is -0.349 e. The second-order valence-electron chi connectivity index (χ2n) is 5.18. The second kappa shape index (κ2) is 6.76. The summed E-state index contributed by atoms with van der Waals surface area (Å²) in [5, 5.41) is 3.17. The highest BCUT2D eigenvalue weighted by atomic mass is 32.2. The predicted molar refractivity (Wildman–Crippen MR) is 85.2 cm³/mol. The number of hydrogen-bond acceptors (Lipinski definition) is 3. The average molecular weight is 298 g/mol. The molecule has 0 unspecified atom stereocenters. The molecule has 0 spiro atoms. The van der Waals surface area contributed by atoms with Crippen LogP contribution in [0.15, 0.2) is 53.7 Å². The summed E-state index contributed by atoms with van der Waals surface area (Å²) >= 11 is 1.55. The van der Waals surface area contributed by atoms with E-state index < -0.39 is 0 Å². The van der Waals surface area contributed by atoms with Gasteiger partial charge in [-0.25, -0.2) is 0 Å². The number of carbonyl (C=O) groups is 1. The lowest BCUT2D eigenvalue weighted by molar-refractivity contribution is -0.119. The van der Waals surface area contributed by atoms with E-state index >= 15 is 0 Å².